The lowest BCUT2D eigenvalue weighted by Crippen LogP contribution is -2.00. The molecule has 0 amide bonds. The average molecular weight is 250 g/mol. The molecule has 0 radical (unpaired) electrons. The summed E-state index contributed by atoms with van der Waals surface area (Å²) in [5.41, 5.74) is 7.31. The summed E-state index contributed by atoms with van der Waals surface area (Å²) in [6, 6.07) is 7.64. The second-order valence-corrected chi connectivity index (χ2v) is 3.86. The van der Waals surface area contributed by atoms with Gasteiger partial charge in [0.2, 0.25) is 0 Å². The average Bonchev–Trinajstić information content (AvgIpc) is 2.38. The Morgan fingerprint density at radius 1 is 1.24 bits per heavy atom. The van der Waals surface area contributed by atoms with E-state index in [1.165, 1.54) is 6.20 Å². The van der Waals surface area contributed by atoms with E-state index >= 15 is 0 Å². The van der Waals surface area contributed by atoms with Crippen LogP contribution in [0.4, 0.5) is 0 Å². The number of hydrogen-bond acceptors (Lipinski definition) is 4. The molecule has 1 aromatic heterocycles. The van der Waals surface area contributed by atoms with Crippen LogP contribution in [0.5, 0.6) is 5.75 Å². The van der Waals surface area contributed by atoms with Crippen LogP contribution < -0.4 is 10.5 Å². The lowest BCUT2D eigenvalue weighted by atomic mass is 10.2. The third-order valence-electron chi connectivity index (χ3n) is 2.19. The van der Waals surface area contributed by atoms with Gasteiger partial charge in [-0.15, -0.1) is 0 Å². The lowest BCUT2D eigenvalue weighted by Gasteiger charge is -2.06. The molecule has 0 aliphatic heterocycles. The molecule has 0 saturated heterocycles. The van der Waals surface area contributed by atoms with E-state index in [9.17, 15) is 0 Å². The van der Waals surface area contributed by atoms with Gasteiger partial charge >= 0.3 is 0 Å². The highest BCUT2D eigenvalue weighted by Crippen LogP contribution is 2.14. The molecule has 2 N–H and O–H groups in total. The number of rotatable bonds is 4. The van der Waals surface area contributed by atoms with Crippen molar-refractivity contribution in [3.05, 3.63) is 53.1 Å². The SMILES string of the molecule is NCc1cccc(OCc2cnc(Cl)cn2)c1. The standard InChI is InChI=1S/C12H12ClN3O/c13-12-7-15-10(6-16-12)8-17-11-3-1-2-9(4-11)5-14/h1-4,6-7H,5,8,14H2. The number of aromatic nitrogens is 2. The Balaban J connectivity index is 1.99. The maximum atomic E-state index is 5.64. The maximum absolute atomic E-state index is 5.64. The molecule has 0 saturated carbocycles. The molecular formula is C12H12ClN3O. The summed E-state index contributed by atoms with van der Waals surface area (Å²) < 4.78 is 5.57. The zero-order chi connectivity index (χ0) is 12.1. The minimum Gasteiger partial charge on any atom is -0.487 e. The van der Waals surface area contributed by atoms with Crippen molar-refractivity contribution in [2.75, 3.05) is 0 Å². The first-order chi connectivity index (χ1) is 8.28. The van der Waals surface area contributed by atoms with Crippen LogP contribution in [0.25, 0.3) is 0 Å². The van der Waals surface area contributed by atoms with E-state index < -0.39 is 0 Å². The van der Waals surface area contributed by atoms with Gasteiger partial charge < -0.3 is 10.5 Å². The Hall–Kier alpha value is -1.65. The van der Waals surface area contributed by atoms with Crippen molar-refractivity contribution in [2.45, 2.75) is 13.2 Å². The van der Waals surface area contributed by atoms with Gasteiger partial charge in [0.15, 0.2) is 0 Å². The molecule has 0 bridgehead atoms. The summed E-state index contributed by atoms with van der Waals surface area (Å²) in [6.45, 7) is 0.857. The van der Waals surface area contributed by atoms with Crippen LogP contribution >= 0.6 is 11.6 Å². The number of nitrogens with zero attached hydrogens (tertiary/aromatic N) is 2. The predicted octanol–water partition coefficient (Wildman–Crippen LogP) is 2.17. The topological polar surface area (TPSA) is 61.0 Å². The molecule has 88 valence electrons. The molecule has 2 aromatic rings. The summed E-state index contributed by atoms with van der Waals surface area (Å²) >= 11 is 5.64. The molecular weight excluding hydrogens is 238 g/mol. The van der Waals surface area contributed by atoms with Crippen LogP contribution in [-0.2, 0) is 13.2 Å². The number of hydrogen-bond donors (Lipinski definition) is 1. The molecule has 1 aromatic carbocycles. The summed E-state index contributed by atoms with van der Waals surface area (Å²) in [5.74, 6) is 0.768. The molecule has 0 spiro atoms. The van der Waals surface area contributed by atoms with Crippen molar-refractivity contribution < 1.29 is 4.74 Å². The molecule has 5 heteroatoms. The Labute approximate surface area is 104 Å². The van der Waals surface area contributed by atoms with Crippen molar-refractivity contribution in [1.82, 2.24) is 9.97 Å². The van der Waals surface area contributed by atoms with Gasteiger partial charge in [-0.25, -0.2) is 4.98 Å². The highest BCUT2D eigenvalue weighted by molar-refractivity contribution is 6.29. The fraction of sp³-hybridized carbons (Fsp3) is 0.167. The Kier molecular flexibility index (Phi) is 3.90. The van der Waals surface area contributed by atoms with Gasteiger partial charge in [-0.05, 0) is 17.7 Å². The van der Waals surface area contributed by atoms with E-state index in [2.05, 4.69) is 9.97 Å². The van der Waals surface area contributed by atoms with Gasteiger partial charge in [-0.1, -0.05) is 23.7 Å². The molecule has 2 rings (SSSR count). The number of benzene rings is 1. The van der Waals surface area contributed by atoms with Gasteiger partial charge in [0.05, 0.1) is 18.1 Å². The van der Waals surface area contributed by atoms with E-state index in [-0.39, 0.29) is 0 Å². The van der Waals surface area contributed by atoms with Gasteiger partial charge in [-0.3, -0.25) is 4.98 Å². The summed E-state index contributed by atoms with van der Waals surface area (Å²) in [4.78, 5) is 8.02. The number of halogens is 1. The quantitative estimate of drug-likeness (QED) is 0.902. The van der Waals surface area contributed by atoms with E-state index in [1.54, 1.807) is 6.20 Å². The monoisotopic (exact) mass is 249 g/mol. The minimum atomic E-state index is 0.359. The van der Waals surface area contributed by atoms with E-state index in [1.807, 2.05) is 24.3 Å². The van der Waals surface area contributed by atoms with Crippen LogP contribution in [0.15, 0.2) is 36.7 Å². The highest BCUT2D eigenvalue weighted by atomic mass is 35.5. The van der Waals surface area contributed by atoms with Crippen molar-refractivity contribution in [2.24, 2.45) is 5.73 Å². The van der Waals surface area contributed by atoms with Crippen molar-refractivity contribution in [3.63, 3.8) is 0 Å². The van der Waals surface area contributed by atoms with Crippen LogP contribution in [-0.4, -0.2) is 9.97 Å². The third kappa shape index (κ3) is 3.41. The fourth-order valence-corrected chi connectivity index (χ4v) is 1.43. The van der Waals surface area contributed by atoms with Gasteiger partial charge in [-0.2, -0.15) is 0 Å². The molecule has 17 heavy (non-hydrogen) atoms. The molecule has 0 fully saturated rings. The number of nitrogens with two attached hydrogens (primary N) is 1. The minimum absolute atomic E-state index is 0.359. The van der Waals surface area contributed by atoms with E-state index in [0.717, 1.165) is 17.0 Å². The second-order valence-electron chi connectivity index (χ2n) is 3.47. The van der Waals surface area contributed by atoms with Gasteiger partial charge in [0.25, 0.3) is 0 Å². The molecule has 0 aliphatic rings. The van der Waals surface area contributed by atoms with Crippen LogP contribution in [0.1, 0.15) is 11.3 Å². The molecule has 0 atom stereocenters. The smallest absolute Gasteiger partial charge is 0.147 e. The second kappa shape index (κ2) is 5.61. The van der Waals surface area contributed by atoms with Crippen LogP contribution in [0, 0.1) is 0 Å². The first kappa shape index (κ1) is 11.8. The van der Waals surface area contributed by atoms with Crippen molar-refractivity contribution in [3.8, 4) is 5.75 Å². The Bertz CT molecular complexity index is 487. The van der Waals surface area contributed by atoms with Gasteiger partial charge in [0, 0.05) is 6.54 Å². The predicted molar refractivity (Wildman–Crippen MR) is 65.7 cm³/mol. The van der Waals surface area contributed by atoms with E-state index in [4.69, 9.17) is 22.1 Å². The third-order valence-corrected chi connectivity index (χ3v) is 2.39. The zero-order valence-electron chi connectivity index (χ0n) is 9.14. The summed E-state index contributed by atoms with van der Waals surface area (Å²) in [6.07, 6.45) is 3.09. The zero-order valence-corrected chi connectivity index (χ0v) is 9.89. The molecule has 0 unspecified atom stereocenters. The Morgan fingerprint density at radius 2 is 2.12 bits per heavy atom. The fourth-order valence-electron chi connectivity index (χ4n) is 1.33. The molecule has 0 aliphatic carbocycles. The van der Waals surface area contributed by atoms with Crippen LogP contribution in [0.2, 0.25) is 5.15 Å². The lowest BCUT2D eigenvalue weighted by molar-refractivity contribution is 0.300. The number of ether oxygens (including phenoxy) is 1. The maximum Gasteiger partial charge on any atom is 0.147 e. The highest BCUT2D eigenvalue weighted by Gasteiger charge is 1.99. The summed E-state index contributed by atoms with van der Waals surface area (Å²) in [5, 5.41) is 0.374. The largest absolute Gasteiger partial charge is 0.487 e. The molecule has 1 heterocycles. The van der Waals surface area contributed by atoms with Crippen molar-refractivity contribution >= 4 is 11.6 Å². The molecule has 4 nitrogen and oxygen atoms in total. The van der Waals surface area contributed by atoms with Gasteiger partial charge in [0.1, 0.15) is 17.5 Å². The normalized spacial score (nSPS) is 10.2. The van der Waals surface area contributed by atoms with Crippen molar-refractivity contribution in [1.29, 1.82) is 0 Å². The Morgan fingerprint density at radius 3 is 2.82 bits per heavy atom. The van der Waals surface area contributed by atoms with Crippen LogP contribution in [0.3, 0.4) is 0 Å². The summed E-state index contributed by atoms with van der Waals surface area (Å²) in [7, 11) is 0. The first-order valence-electron chi connectivity index (χ1n) is 5.16. The van der Waals surface area contributed by atoms with E-state index in [0.29, 0.717) is 18.3 Å². The first-order valence-corrected chi connectivity index (χ1v) is 5.54.